The molecule has 0 spiro atoms. The summed E-state index contributed by atoms with van der Waals surface area (Å²) < 4.78 is 16.9. The van der Waals surface area contributed by atoms with Crippen molar-refractivity contribution in [2.45, 2.75) is 335 Å². The summed E-state index contributed by atoms with van der Waals surface area (Å²) >= 11 is 0. The Morgan fingerprint density at radius 1 is 0.284 bits per heavy atom. The molecule has 0 aromatic heterocycles. The molecule has 0 saturated heterocycles. The first-order valence-corrected chi connectivity index (χ1v) is 29.8. The van der Waals surface area contributed by atoms with Gasteiger partial charge in [-0.25, -0.2) is 0 Å². The van der Waals surface area contributed by atoms with Gasteiger partial charge in [-0.2, -0.15) is 0 Å². The van der Waals surface area contributed by atoms with E-state index in [0.717, 1.165) is 70.6 Å². The largest absolute Gasteiger partial charge is 0.462 e. The molecule has 0 bridgehead atoms. The zero-order valence-corrected chi connectivity index (χ0v) is 45.2. The number of hydrogen-bond donors (Lipinski definition) is 0. The van der Waals surface area contributed by atoms with Gasteiger partial charge in [0.05, 0.1) is 0 Å². The normalized spacial score (nSPS) is 12.1. The van der Waals surface area contributed by atoms with E-state index in [4.69, 9.17) is 14.2 Å². The van der Waals surface area contributed by atoms with Gasteiger partial charge in [-0.1, -0.05) is 263 Å². The first-order valence-electron chi connectivity index (χ1n) is 29.8. The van der Waals surface area contributed by atoms with Crippen molar-refractivity contribution in [3.8, 4) is 0 Å². The third-order valence-corrected chi connectivity index (χ3v) is 13.4. The average Bonchev–Trinajstić information content (AvgIpc) is 3.33. The average molecular weight is 944 g/mol. The summed E-state index contributed by atoms with van der Waals surface area (Å²) in [5, 5.41) is 0. The highest BCUT2D eigenvalue weighted by Gasteiger charge is 2.19. The maximum atomic E-state index is 12.8. The quantitative estimate of drug-likeness (QED) is 0.0262. The van der Waals surface area contributed by atoms with Gasteiger partial charge in [-0.05, 0) is 70.6 Å². The molecule has 0 aromatic carbocycles. The summed E-state index contributed by atoms with van der Waals surface area (Å²) in [5.41, 5.74) is 0. The lowest BCUT2D eigenvalue weighted by Gasteiger charge is -2.18. The molecule has 0 aromatic rings. The monoisotopic (exact) mass is 943 g/mol. The second-order valence-electron chi connectivity index (χ2n) is 20.3. The van der Waals surface area contributed by atoms with Crippen molar-refractivity contribution in [3.05, 3.63) is 24.3 Å². The van der Waals surface area contributed by atoms with Crippen LogP contribution in [-0.2, 0) is 28.6 Å². The van der Waals surface area contributed by atoms with Gasteiger partial charge in [0, 0.05) is 19.3 Å². The molecule has 0 amide bonds. The zero-order chi connectivity index (χ0) is 48.6. The van der Waals surface area contributed by atoms with Crippen LogP contribution in [-0.4, -0.2) is 37.2 Å². The number of esters is 3. The van der Waals surface area contributed by atoms with E-state index < -0.39 is 6.10 Å². The van der Waals surface area contributed by atoms with Gasteiger partial charge in [0.2, 0.25) is 0 Å². The number of hydrogen-bond acceptors (Lipinski definition) is 6. The Morgan fingerprint density at radius 3 is 0.746 bits per heavy atom. The molecular formula is C61H114O6. The highest BCUT2D eigenvalue weighted by Crippen LogP contribution is 2.17. The minimum atomic E-state index is -0.775. The molecule has 0 aliphatic heterocycles. The molecule has 0 radical (unpaired) electrons. The number of rotatable bonds is 55. The molecule has 394 valence electrons. The van der Waals surface area contributed by atoms with E-state index in [-0.39, 0.29) is 31.1 Å². The van der Waals surface area contributed by atoms with Crippen molar-refractivity contribution < 1.29 is 28.6 Å². The van der Waals surface area contributed by atoms with Crippen LogP contribution in [0.4, 0.5) is 0 Å². The Labute approximate surface area is 417 Å². The maximum absolute atomic E-state index is 12.8. The molecule has 0 saturated carbocycles. The lowest BCUT2D eigenvalue weighted by molar-refractivity contribution is -0.167. The molecule has 6 nitrogen and oxygen atoms in total. The Kier molecular flexibility index (Phi) is 54.7. The number of carbonyl (C=O) groups is 3. The topological polar surface area (TPSA) is 78.9 Å². The summed E-state index contributed by atoms with van der Waals surface area (Å²) in [6.07, 6.45) is 66.0. The number of allylic oxidation sites excluding steroid dienone is 4. The minimum Gasteiger partial charge on any atom is -0.462 e. The van der Waals surface area contributed by atoms with E-state index in [0.29, 0.717) is 19.3 Å². The fraction of sp³-hybridized carbons (Fsp3) is 0.885. The molecule has 0 rings (SSSR count). The van der Waals surface area contributed by atoms with Crippen LogP contribution >= 0.6 is 0 Å². The van der Waals surface area contributed by atoms with Crippen molar-refractivity contribution in [1.82, 2.24) is 0 Å². The van der Waals surface area contributed by atoms with E-state index >= 15 is 0 Å². The first kappa shape index (κ1) is 64.9. The smallest absolute Gasteiger partial charge is 0.306 e. The van der Waals surface area contributed by atoms with Crippen LogP contribution in [0.25, 0.3) is 0 Å². The molecule has 0 aliphatic carbocycles. The van der Waals surface area contributed by atoms with Gasteiger partial charge in [0.15, 0.2) is 6.10 Å². The van der Waals surface area contributed by atoms with Gasteiger partial charge in [-0.3, -0.25) is 14.4 Å². The molecule has 6 heteroatoms. The van der Waals surface area contributed by atoms with Gasteiger partial charge in [0.1, 0.15) is 13.2 Å². The van der Waals surface area contributed by atoms with Gasteiger partial charge in [-0.15, -0.1) is 0 Å². The Morgan fingerprint density at radius 2 is 0.493 bits per heavy atom. The summed E-state index contributed by atoms with van der Waals surface area (Å²) in [4.78, 5) is 38.2. The Hall–Kier alpha value is -2.11. The summed E-state index contributed by atoms with van der Waals surface area (Å²) in [6.45, 7) is 6.67. The molecule has 0 N–H and O–H groups in total. The number of ether oxygens (including phenoxy) is 3. The van der Waals surface area contributed by atoms with E-state index in [2.05, 4.69) is 45.1 Å². The summed E-state index contributed by atoms with van der Waals surface area (Å²) in [6, 6.07) is 0. The molecule has 1 unspecified atom stereocenters. The van der Waals surface area contributed by atoms with Crippen molar-refractivity contribution in [1.29, 1.82) is 0 Å². The molecule has 1 atom stereocenters. The highest BCUT2D eigenvalue weighted by atomic mass is 16.6. The molecule has 0 fully saturated rings. The zero-order valence-electron chi connectivity index (χ0n) is 45.2. The summed E-state index contributed by atoms with van der Waals surface area (Å²) in [5.74, 6) is -0.868. The fourth-order valence-corrected chi connectivity index (χ4v) is 8.91. The maximum Gasteiger partial charge on any atom is 0.306 e. The van der Waals surface area contributed by atoms with Crippen LogP contribution in [0.15, 0.2) is 24.3 Å². The molecular weight excluding hydrogens is 829 g/mol. The van der Waals surface area contributed by atoms with Gasteiger partial charge >= 0.3 is 17.9 Å². The van der Waals surface area contributed by atoms with E-state index in [9.17, 15) is 14.4 Å². The number of carbonyl (C=O) groups excluding carboxylic acids is 3. The van der Waals surface area contributed by atoms with Crippen LogP contribution in [0, 0.1) is 0 Å². The molecule has 67 heavy (non-hydrogen) atoms. The van der Waals surface area contributed by atoms with Gasteiger partial charge in [0.25, 0.3) is 0 Å². The van der Waals surface area contributed by atoms with E-state index in [1.54, 1.807) is 0 Å². The SMILES string of the molecule is CCCCCCCC/C=C\CCCCCCCC(=O)OCC(COC(=O)CCCCCCCCCCCCCCCCCCCCC)OC(=O)CCCCCCC/C=C\CCCCCCCC. The summed E-state index contributed by atoms with van der Waals surface area (Å²) in [7, 11) is 0. The van der Waals surface area contributed by atoms with Crippen LogP contribution in [0.3, 0.4) is 0 Å². The van der Waals surface area contributed by atoms with Crippen LogP contribution in [0.5, 0.6) is 0 Å². The van der Waals surface area contributed by atoms with Crippen molar-refractivity contribution >= 4 is 17.9 Å². The number of unbranched alkanes of at least 4 members (excludes halogenated alkanes) is 40. The Bertz CT molecular complexity index is 1080. The third-order valence-electron chi connectivity index (χ3n) is 13.4. The van der Waals surface area contributed by atoms with Crippen molar-refractivity contribution in [3.63, 3.8) is 0 Å². The predicted molar refractivity (Wildman–Crippen MR) is 289 cm³/mol. The minimum absolute atomic E-state index is 0.0727. The standard InChI is InChI=1S/C61H114O6/c1-4-7-10-13-16-19-22-25-28-29-30-31-34-36-39-42-45-48-51-54-60(63)66-57-58(67-61(64)55-52-49-46-43-40-37-33-27-24-21-18-15-12-9-6-3)56-65-59(62)53-50-47-44-41-38-35-32-26-23-20-17-14-11-8-5-2/h26-27,32-33,58H,4-25,28-31,34-57H2,1-3H3/b32-26-,33-27-. The third kappa shape index (κ3) is 54.7. The Balaban J connectivity index is 4.32. The highest BCUT2D eigenvalue weighted by molar-refractivity contribution is 5.71. The van der Waals surface area contributed by atoms with Crippen LogP contribution in [0.2, 0.25) is 0 Å². The molecule has 0 aliphatic rings. The molecule has 0 heterocycles. The van der Waals surface area contributed by atoms with Crippen molar-refractivity contribution in [2.75, 3.05) is 13.2 Å². The predicted octanol–water partition coefficient (Wildman–Crippen LogP) is 19.9. The van der Waals surface area contributed by atoms with Crippen LogP contribution < -0.4 is 0 Å². The van der Waals surface area contributed by atoms with E-state index in [1.165, 1.54) is 218 Å². The second kappa shape index (κ2) is 56.5. The lowest BCUT2D eigenvalue weighted by atomic mass is 10.0. The van der Waals surface area contributed by atoms with E-state index in [1.807, 2.05) is 0 Å². The van der Waals surface area contributed by atoms with Gasteiger partial charge < -0.3 is 14.2 Å². The first-order chi connectivity index (χ1) is 33.0. The lowest BCUT2D eigenvalue weighted by Crippen LogP contribution is -2.30. The second-order valence-corrected chi connectivity index (χ2v) is 20.3. The fourth-order valence-electron chi connectivity index (χ4n) is 8.91. The van der Waals surface area contributed by atoms with Crippen LogP contribution in [0.1, 0.15) is 329 Å². The van der Waals surface area contributed by atoms with Crippen molar-refractivity contribution in [2.24, 2.45) is 0 Å².